The van der Waals surface area contributed by atoms with Crippen molar-refractivity contribution < 1.29 is 0 Å². The first-order valence-electron chi connectivity index (χ1n) is 8.99. The Bertz CT molecular complexity index is 1090. The van der Waals surface area contributed by atoms with E-state index in [1.165, 1.54) is 47.4 Å². The fourth-order valence-electron chi connectivity index (χ4n) is 4.16. The molecule has 1 heteroatoms. The Morgan fingerprint density at radius 2 is 1.16 bits per heavy atom. The van der Waals surface area contributed by atoms with Gasteiger partial charge in [0.05, 0.1) is 0 Å². The summed E-state index contributed by atoms with van der Waals surface area (Å²) in [5, 5.41) is 5.72. The summed E-state index contributed by atoms with van der Waals surface area (Å²) in [6.07, 6.45) is 4.42. The van der Waals surface area contributed by atoms with Crippen molar-refractivity contribution in [2.45, 2.75) is 25.7 Å². The van der Waals surface area contributed by atoms with Gasteiger partial charge in [0.1, 0.15) is 0 Å². The maximum atomic E-state index is 2.50. The molecule has 0 saturated carbocycles. The van der Waals surface area contributed by atoms with Crippen molar-refractivity contribution in [1.29, 1.82) is 0 Å². The number of hydrogen-bond acceptors (Lipinski definition) is 0. The van der Waals surface area contributed by atoms with E-state index in [4.69, 9.17) is 0 Å². The van der Waals surface area contributed by atoms with Crippen LogP contribution in [0.1, 0.15) is 22.3 Å². The maximum Gasteiger partial charge on any atom is 0.0215 e. The van der Waals surface area contributed by atoms with Crippen molar-refractivity contribution in [3.63, 3.8) is 0 Å². The first-order valence-corrected chi connectivity index (χ1v) is 10.1. The Kier molecular flexibility index (Phi) is 3.78. The number of benzene rings is 4. The number of rotatable bonds is 0. The van der Waals surface area contributed by atoms with Crippen LogP contribution in [0.4, 0.5) is 0 Å². The summed E-state index contributed by atoms with van der Waals surface area (Å²) in [5.74, 6) is 0. The highest BCUT2D eigenvalue weighted by atomic mass is 127. The molecule has 0 amide bonds. The summed E-state index contributed by atoms with van der Waals surface area (Å²) >= 11 is 2.50. The van der Waals surface area contributed by atoms with E-state index in [9.17, 15) is 0 Å². The topological polar surface area (TPSA) is 0 Å². The molecule has 0 atom stereocenters. The van der Waals surface area contributed by atoms with E-state index in [0.29, 0.717) is 0 Å². The molecular weight excluding hydrogens is 415 g/mol. The van der Waals surface area contributed by atoms with Crippen LogP contribution in [0.2, 0.25) is 0 Å². The molecule has 0 aliphatic heterocycles. The molecule has 0 fully saturated rings. The maximum absolute atomic E-state index is 2.50. The molecule has 4 aliphatic carbocycles. The minimum absolute atomic E-state index is 1.10. The Morgan fingerprint density at radius 1 is 0.560 bits per heavy atom. The van der Waals surface area contributed by atoms with E-state index in [2.05, 4.69) is 89.3 Å². The van der Waals surface area contributed by atoms with Crippen LogP contribution in [-0.2, 0) is 25.7 Å². The van der Waals surface area contributed by atoms with Gasteiger partial charge >= 0.3 is 0 Å². The summed E-state index contributed by atoms with van der Waals surface area (Å²) in [7, 11) is 0. The second kappa shape index (κ2) is 6.14. The Hall–Kier alpha value is -1.87. The van der Waals surface area contributed by atoms with Gasteiger partial charge in [0.15, 0.2) is 0 Å². The van der Waals surface area contributed by atoms with E-state index in [0.717, 1.165) is 25.7 Å². The quantitative estimate of drug-likeness (QED) is 0.220. The first-order chi connectivity index (χ1) is 12.3. The van der Waals surface area contributed by atoms with E-state index >= 15 is 0 Å². The van der Waals surface area contributed by atoms with Crippen molar-refractivity contribution in [3.8, 4) is 0 Å². The Morgan fingerprint density at radius 3 is 1.88 bits per heavy atom. The third-order valence-electron chi connectivity index (χ3n) is 5.54. The van der Waals surface area contributed by atoms with Crippen LogP contribution >= 0.6 is 22.6 Å². The molecule has 8 rings (SSSR count). The first kappa shape index (κ1) is 15.4. The van der Waals surface area contributed by atoms with Crippen LogP contribution in [0.5, 0.6) is 0 Å². The lowest BCUT2D eigenvalue weighted by Gasteiger charge is -2.17. The molecule has 0 heterocycles. The zero-order valence-electron chi connectivity index (χ0n) is 14.1. The van der Waals surface area contributed by atoms with Crippen LogP contribution in [0.25, 0.3) is 21.5 Å². The number of fused-ring (bicyclic) bond motifs is 1. The second-order valence-corrected chi connectivity index (χ2v) is 8.19. The zero-order chi connectivity index (χ0) is 16.8. The van der Waals surface area contributed by atoms with Gasteiger partial charge in [-0.1, -0.05) is 60.7 Å². The molecule has 0 N–H and O–H groups in total. The van der Waals surface area contributed by atoms with Crippen molar-refractivity contribution in [2.75, 3.05) is 0 Å². The summed E-state index contributed by atoms with van der Waals surface area (Å²) in [5.41, 5.74) is 5.84. The van der Waals surface area contributed by atoms with Crippen molar-refractivity contribution in [1.82, 2.24) is 0 Å². The third kappa shape index (κ3) is 2.65. The third-order valence-corrected chi connectivity index (χ3v) is 6.43. The standard InChI is InChI=1S/C24H19I/c25-23-15-22-18-11-9-16-5-7-17(8-6-16)10-12-19(14-13-18)24(22)21-4-2-1-3-20(21)23/h1-8,13-15H,9-12H2. The minimum atomic E-state index is 1.10. The fraction of sp³-hybridized carbons (Fsp3) is 0.167. The van der Waals surface area contributed by atoms with Crippen molar-refractivity contribution in [3.05, 3.63) is 92.6 Å². The lowest BCUT2D eigenvalue weighted by atomic mass is 9.89. The van der Waals surface area contributed by atoms with Gasteiger partial charge in [-0.05, 0) is 98.1 Å². The van der Waals surface area contributed by atoms with Crippen LogP contribution in [-0.4, -0.2) is 0 Å². The number of hydrogen-bond donors (Lipinski definition) is 0. The summed E-state index contributed by atoms with van der Waals surface area (Å²) < 4.78 is 1.36. The van der Waals surface area contributed by atoms with Gasteiger partial charge < -0.3 is 0 Å². The fourth-order valence-corrected chi connectivity index (χ4v) is 4.94. The molecule has 4 aromatic rings. The van der Waals surface area contributed by atoms with Gasteiger partial charge in [0.25, 0.3) is 0 Å². The average Bonchev–Trinajstić information content (AvgIpc) is 2.64. The Labute approximate surface area is 162 Å². The van der Waals surface area contributed by atoms with Crippen LogP contribution in [0.3, 0.4) is 0 Å². The molecule has 0 saturated heterocycles. The van der Waals surface area contributed by atoms with E-state index < -0.39 is 0 Å². The molecule has 0 nitrogen and oxygen atoms in total. The van der Waals surface area contributed by atoms with Gasteiger partial charge in [-0.25, -0.2) is 0 Å². The van der Waals surface area contributed by atoms with Gasteiger partial charge in [-0.2, -0.15) is 0 Å². The molecule has 25 heavy (non-hydrogen) atoms. The molecule has 0 radical (unpaired) electrons. The smallest absolute Gasteiger partial charge is 0.0215 e. The van der Waals surface area contributed by atoms with Crippen molar-refractivity contribution >= 4 is 44.1 Å². The predicted octanol–water partition coefficient (Wildman–Crippen LogP) is 6.48. The second-order valence-electron chi connectivity index (χ2n) is 7.03. The number of aryl methyl sites for hydroxylation is 4. The molecule has 0 spiro atoms. The highest BCUT2D eigenvalue weighted by molar-refractivity contribution is 14.1. The molecule has 4 aromatic carbocycles. The SMILES string of the molecule is Ic1cc2c3ccc(c2c2ccccc12)CCc1ccc(cc1)CC3. The van der Waals surface area contributed by atoms with Gasteiger partial charge in [0, 0.05) is 3.57 Å². The molecule has 4 aliphatic rings. The lowest BCUT2D eigenvalue weighted by molar-refractivity contribution is 0.934. The lowest BCUT2D eigenvalue weighted by Crippen LogP contribution is -2.00. The summed E-state index contributed by atoms with van der Waals surface area (Å²) in [6, 6.07) is 25.3. The van der Waals surface area contributed by atoms with Crippen molar-refractivity contribution in [2.24, 2.45) is 0 Å². The van der Waals surface area contributed by atoms with Crippen LogP contribution in [0.15, 0.2) is 66.7 Å². The number of halogens is 1. The highest BCUT2D eigenvalue weighted by Crippen LogP contribution is 2.35. The highest BCUT2D eigenvalue weighted by Gasteiger charge is 2.13. The molecule has 4 bridgehead atoms. The van der Waals surface area contributed by atoms with Crippen LogP contribution in [0, 0.1) is 3.57 Å². The van der Waals surface area contributed by atoms with Gasteiger partial charge in [0.2, 0.25) is 0 Å². The molecule has 122 valence electrons. The molecule has 0 unspecified atom stereocenters. The molecule has 0 aromatic heterocycles. The summed E-state index contributed by atoms with van der Waals surface area (Å²) in [6.45, 7) is 0. The van der Waals surface area contributed by atoms with E-state index in [1.54, 1.807) is 0 Å². The monoisotopic (exact) mass is 434 g/mol. The average molecular weight is 434 g/mol. The van der Waals surface area contributed by atoms with E-state index in [-0.39, 0.29) is 0 Å². The van der Waals surface area contributed by atoms with Gasteiger partial charge in [-0.3, -0.25) is 0 Å². The predicted molar refractivity (Wildman–Crippen MR) is 115 cm³/mol. The van der Waals surface area contributed by atoms with Gasteiger partial charge in [-0.15, -0.1) is 0 Å². The molecular formula is C24H19I. The van der Waals surface area contributed by atoms with E-state index in [1.807, 2.05) is 0 Å². The largest absolute Gasteiger partial charge is 0.0616 e. The zero-order valence-corrected chi connectivity index (χ0v) is 16.2. The minimum Gasteiger partial charge on any atom is -0.0616 e. The Balaban J connectivity index is 1.83. The normalized spacial score (nSPS) is 14.0. The summed E-state index contributed by atoms with van der Waals surface area (Å²) in [4.78, 5) is 0. The van der Waals surface area contributed by atoms with Crippen LogP contribution < -0.4 is 0 Å².